The maximum atomic E-state index is 2.38. The van der Waals surface area contributed by atoms with E-state index in [0.29, 0.717) is 0 Å². The van der Waals surface area contributed by atoms with Crippen LogP contribution in [-0.2, 0) is 27.1 Å². The van der Waals surface area contributed by atoms with Crippen LogP contribution in [0.3, 0.4) is 0 Å². The van der Waals surface area contributed by atoms with Gasteiger partial charge >= 0.3 is 0 Å². The quantitative estimate of drug-likeness (QED) is 0.150. The zero-order valence-corrected chi connectivity index (χ0v) is 70.1. The van der Waals surface area contributed by atoms with E-state index in [1.54, 1.807) is 0 Å². The number of para-hydroxylation sites is 2. The maximum absolute atomic E-state index is 2.38. The molecule has 18 aromatic rings. The molecule has 0 spiro atoms. The van der Waals surface area contributed by atoms with Gasteiger partial charge in [-0.2, -0.15) is 0 Å². The van der Waals surface area contributed by atoms with Crippen molar-refractivity contribution in [3.8, 4) is 0 Å². The van der Waals surface area contributed by atoms with E-state index in [1.807, 2.05) is 0 Å². The minimum atomic E-state index is -0.0396. The van der Waals surface area contributed by atoms with E-state index in [-0.39, 0.29) is 27.1 Å². The Balaban J connectivity index is 0.0000000976. The highest BCUT2D eigenvalue weighted by Crippen LogP contribution is 2.58. The molecule has 5 nitrogen and oxygen atoms in total. The molecule has 0 saturated heterocycles. The van der Waals surface area contributed by atoms with E-state index in [4.69, 9.17) is 0 Å². The number of fused-ring (bicyclic) bond motifs is 23. The highest BCUT2D eigenvalue weighted by Gasteiger charge is 2.42. The van der Waals surface area contributed by atoms with Crippen LogP contribution in [0.2, 0.25) is 0 Å². The van der Waals surface area contributed by atoms with Gasteiger partial charge in [0.25, 0.3) is 0 Å². The summed E-state index contributed by atoms with van der Waals surface area (Å²) in [6.07, 6.45) is 0. The van der Waals surface area contributed by atoms with Crippen molar-refractivity contribution in [3.05, 3.63) is 395 Å². The van der Waals surface area contributed by atoms with E-state index < -0.39 is 0 Å². The van der Waals surface area contributed by atoms with E-state index in [2.05, 4.69) is 469 Å². The summed E-state index contributed by atoms with van der Waals surface area (Å²) < 4.78 is 0. The van der Waals surface area contributed by atoms with E-state index >= 15 is 0 Å². The van der Waals surface area contributed by atoms with E-state index in [0.717, 1.165) is 0 Å². The lowest BCUT2D eigenvalue weighted by atomic mass is 9.71. The lowest BCUT2D eigenvalue weighted by Gasteiger charge is -2.42. The van der Waals surface area contributed by atoms with Gasteiger partial charge in [-0.1, -0.05) is 342 Å². The van der Waals surface area contributed by atoms with Gasteiger partial charge in [-0.3, -0.25) is 0 Å². The molecule has 23 rings (SSSR count). The van der Waals surface area contributed by atoms with Gasteiger partial charge in [0, 0.05) is 119 Å². The van der Waals surface area contributed by atoms with Crippen LogP contribution in [0.1, 0.15) is 125 Å². The fraction of sp³-hybridized carbons (Fsp3) is 0.179. The first-order chi connectivity index (χ1) is 56.4. The van der Waals surface area contributed by atoms with Crippen LogP contribution >= 0.6 is 0 Å². The summed E-state index contributed by atoms with van der Waals surface area (Å²) in [5.41, 5.74) is 27.2. The van der Waals surface area contributed by atoms with Crippen LogP contribution in [0.4, 0.5) is 56.9 Å². The van der Waals surface area contributed by atoms with Crippen molar-refractivity contribution in [2.24, 2.45) is 0 Å². The van der Waals surface area contributed by atoms with Crippen molar-refractivity contribution < 1.29 is 0 Å². The molecule has 0 aliphatic carbocycles. The second-order valence-electron chi connectivity index (χ2n) is 35.5. The standard InChI is InChI=1S/3C24H21N.2C20H19N/c1-24(2)20-14-12-17-9-5-7-11-19(17)23(20)25(3)21-15-13-16-8-4-6-10-18(16)22(21)24;1-24(2)20-14-17-9-4-5-10-18(17)15-22(20)25(3)21-13-12-16-8-6-7-11-19(16)23(21)24;1-24(2)20-13-12-16-8-6-7-11-19(16)23(20)25(3)22-15-18-10-5-4-9-17(18)14-21(22)24;1-20(2)16-10-6-7-11-18(16)21(3)19-13-15-9-5-4-8-14(15)12-17(19)20;1-20(2)16-10-6-7-11-17(16)21(3)18-13-12-14-8-4-5-9-15(14)19(18)20/h3*4-15H,1-3H3;2*4-13H,1-3H3. The average molecular weight is 1520 g/mol. The molecule has 0 atom stereocenters. The Kier molecular flexibility index (Phi) is 17.7. The first-order valence-electron chi connectivity index (χ1n) is 41.5. The summed E-state index contributed by atoms with van der Waals surface area (Å²) in [6, 6.07) is 124. The van der Waals surface area contributed by atoms with Crippen LogP contribution in [0, 0.1) is 0 Å². The lowest BCUT2D eigenvalue weighted by Crippen LogP contribution is -2.31. The van der Waals surface area contributed by atoms with Crippen molar-refractivity contribution in [1.82, 2.24) is 0 Å². The molecule has 5 aliphatic rings. The van der Waals surface area contributed by atoms with Gasteiger partial charge in [0.1, 0.15) is 0 Å². The number of hydrogen-bond acceptors (Lipinski definition) is 5. The SMILES string of the molecule is CN1c2cc3ccccc3cc2C(C)(C)c2c1ccc1ccccc21.CN1c2cc3ccccc3cc2C(C)(C)c2ccc3ccccc3c21.CN1c2ccc3ccccc3c2C(C)(C)c2ccc3ccccc3c21.CN1c2ccccc2C(C)(C)c2c1ccc1ccccc21.CN1c2ccccc2C(C)(C)c2cc3ccccc3cc21. The van der Waals surface area contributed by atoms with Gasteiger partial charge in [-0.15, -0.1) is 0 Å². The van der Waals surface area contributed by atoms with Crippen LogP contribution in [0.5, 0.6) is 0 Å². The van der Waals surface area contributed by atoms with Crippen molar-refractivity contribution in [3.63, 3.8) is 0 Å². The van der Waals surface area contributed by atoms with E-state index in [9.17, 15) is 0 Å². The predicted octanol–water partition coefficient (Wildman–Crippen LogP) is 29.7. The molecule has 5 heterocycles. The largest absolute Gasteiger partial charge is 0.344 e. The fourth-order valence-electron chi connectivity index (χ4n) is 20.8. The smallest absolute Gasteiger partial charge is 0.0529 e. The number of benzene rings is 18. The third kappa shape index (κ3) is 11.8. The Morgan fingerprint density at radius 1 is 0.154 bits per heavy atom. The monoisotopic (exact) mass is 1520 g/mol. The third-order valence-corrected chi connectivity index (χ3v) is 27.1. The van der Waals surface area contributed by atoms with Crippen LogP contribution in [0.15, 0.2) is 340 Å². The minimum Gasteiger partial charge on any atom is -0.344 e. The molecule has 0 fully saturated rings. The molecule has 0 aromatic heterocycles. The van der Waals surface area contributed by atoms with Crippen LogP contribution in [0.25, 0.3) is 86.2 Å². The minimum absolute atomic E-state index is 0.0132. The first-order valence-corrected chi connectivity index (χ1v) is 41.5. The van der Waals surface area contributed by atoms with Gasteiger partial charge in [-0.25, -0.2) is 0 Å². The second kappa shape index (κ2) is 27.9. The van der Waals surface area contributed by atoms with Crippen molar-refractivity contribution in [2.45, 2.75) is 96.3 Å². The number of anilines is 10. The number of hydrogen-bond donors (Lipinski definition) is 0. The zero-order valence-electron chi connectivity index (χ0n) is 70.1. The fourth-order valence-corrected chi connectivity index (χ4v) is 20.8. The highest BCUT2D eigenvalue weighted by atomic mass is 15.1. The topological polar surface area (TPSA) is 16.2 Å². The number of nitrogens with zero attached hydrogens (tertiary/aromatic N) is 5. The summed E-state index contributed by atoms with van der Waals surface area (Å²) in [6.45, 7) is 23.5. The molecule has 18 aromatic carbocycles. The van der Waals surface area contributed by atoms with Crippen LogP contribution in [-0.4, -0.2) is 35.2 Å². The van der Waals surface area contributed by atoms with Gasteiger partial charge in [0.05, 0.1) is 11.4 Å². The van der Waals surface area contributed by atoms with Crippen molar-refractivity contribution in [2.75, 3.05) is 59.7 Å². The molecular formula is C112H101N5. The predicted molar refractivity (Wildman–Crippen MR) is 505 cm³/mol. The Bertz CT molecular complexity index is 6900. The summed E-state index contributed by atoms with van der Waals surface area (Å²) in [5.74, 6) is 0. The van der Waals surface area contributed by atoms with Crippen molar-refractivity contribution in [1.29, 1.82) is 0 Å². The summed E-state index contributed by atoms with van der Waals surface area (Å²) in [7, 11) is 10.9. The normalized spacial score (nSPS) is 15.4. The maximum Gasteiger partial charge on any atom is 0.0529 e. The molecule has 574 valence electrons. The summed E-state index contributed by atoms with van der Waals surface area (Å²) in [5, 5.41) is 21.1. The lowest BCUT2D eigenvalue weighted by molar-refractivity contribution is 0.630. The van der Waals surface area contributed by atoms with Crippen LogP contribution < -0.4 is 24.5 Å². The molecule has 0 bridgehead atoms. The number of rotatable bonds is 0. The molecule has 5 heteroatoms. The first kappa shape index (κ1) is 74.2. The third-order valence-electron chi connectivity index (χ3n) is 27.1. The molecular weight excluding hydrogens is 1420 g/mol. The molecule has 0 radical (unpaired) electrons. The molecule has 5 aliphatic heterocycles. The summed E-state index contributed by atoms with van der Waals surface area (Å²) >= 11 is 0. The molecule has 0 amide bonds. The zero-order chi connectivity index (χ0) is 80.8. The Morgan fingerprint density at radius 3 is 0.761 bits per heavy atom. The molecule has 0 saturated carbocycles. The average Bonchev–Trinajstić information content (AvgIpc) is 0.742. The Labute approximate surface area is 689 Å². The molecule has 0 N–H and O–H groups in total. The molecule has 0 unspecified atom stereocenters. The van der Waals surface area contributed by atoms with Gasteiger partial charge < -0.3 is 24.5 Å². The molecule has 117 heavy (non-hydrogen) atoms. The van der Waals surface area contributed by atoms with Gasteiger partial charge in [0.2, 0.25) is 0 Å². The summed E-state index contributed by atoms with van der Waals surface area (Å²) in [4.78, 5) is 11.8. The van der Waals surface area contributed by atoms with Gasteiger partial charge in [0.15, 0.2) is 0 Å². The van der Waals surface area contributed by atoms with Crippen molar-refractivity contribution >= 4 is 143 Å². The second-order valence-corrected chi connectivity index (χ2v) is 35.5. The Morgan fingerprint density at radius 2 is 0.376 bits per heavy atom. The highest BCUT2D eigenvalue weighted by molar-refractivity contribution is 6.06. The van der Waals surface area contributed by atoms with E-state index in [1.165, 1.54) is 199 Å². The van der Waals surface area contributed by atoms with Gasteiger partial charge in [-0.05, 0) is 198 Å². The Hall–Kier alpha value is -13.0.